The van der Waals surface area contributed by atoms with Crippen LogP contribution >= 0.6 is 0 Å². The summed E-state index contributed by atoms with van der Waals surface area (Å²) in [6, 6.07) is 24.6. The zero-order valence-electron chi connectivity index (χ0n) is 20.6. The molecule has 178 valence electrons. The van der Waals surface area contributed by atoms with Crippen LogP contribution in [0.2, 0.25) is 0 Å². The first-order valence-corrected chi connectivity index (χ1v) is 10.9. The number of hydrogen-bond acceptors (Lipinski definition) is 8. The van der Waals surface area contributed by atoms with Crippen molar-refractivity contribution < 1.29 is 0 Å². The van der Waals surface area contributed by atoms with E-state index in [4.69, 9.17) is 21.0 Å². The van der Waals surface area contributed by atoms with Crippen molar-refractivity contribution >= 4 is 22.5 Å². The lowest BCUT2D eigenvalue weighted by Gasteiger charge is -2.16. The third kappa shape index (κ3) is 7.04. The molecule has 38 heavy (non-hydrogen) atoms. The van der Waals surface area contributed by atoms with Gasteiger partial charge in [0.25, 0.3) is 0 Å². The molecule has 0 radical (unpaired) electrons. The smallest absolute Gasteiger partial charge is 0.148 e. The molecule has 2 rings (SSSR count). The van der Waals surface area contributed by atoms with Crippen LogP contribution in [0, 0.1) is 91.7 Å². The van der Waals surface area contributed by atoms with Gasteiger partial charge in [-0.15, -0.1) is 0 Å². The highest BCUT2D eigenvalue weighted by Gasteiger charge is 2.10. The van der Waals surface area contributed by atoms with Gasteiger partial charge in [-0.1, -0.05) is 36.1 Å². The SMILES string of the molecule is CN(CC#CC#CCN(C)c1ccc(C(C#N)=C(C#N)C#N)cc1)c1ccc(C(C#N)=C(C#N)C#N)cc1. The standard InChI is InChI=1S/C30H18N8/c1-37(27-11-7-23(8-12-27)29(21-35)25(17-31)18-32)15-5-3-4-6-16-38(2)28-13-9-24(10-14-28)30(22-36)26(19-33)20-34/h7-14H,15-16H2,1-2H3. The number of anilines is 2. The van der Waals surface area contributed by atoms with Crippen molar-refractivity contribution in [1.29, 1.82) is 31.6 Å². The Morgan fingerprint density at radius 2 is 0.842 bits per heavy atom. The topological polar surface area (TPSA) is 149 Å². The average Bonchev–Trinajstić information content (AvgIpc) is 2.96. The zero-order chi connectivity index (χ0) is 27.9. The van der Waals surface area contributed by atoms with Crippen LogP contribution in [0.25, 0.3) is 11.1 Å². The largest absolute Gasteiger partial charge is 0.363 e. The molecule has 0 heterocycles. The van der Waals surface area contributed by atoms with Crippen molar-refractivity contribution in [2.45, 2.75) is 0 Å². The minimum absolute atomic E-state index is 0.0380. The van der Waals surface area contributed by atoms with E-state index in [-0.39, 0.29) is 22.3 Å². The fourth-order valence-electron chi connectivity index (χ4n) is 3.16. The summed E-state index contributed by atoms with van der Waals surface area (Å²) in [4.78, 5) is 3.79. The van der Waals surface area contributed by atoms with Crippen LogP contribution in [0.1, 0.15) is 11.1 Å². The molecule has 0 saturated heterocycles. The molecule has 0 fully saturated rings. The van der Waals surface area contributed by atoms with Gasteiger partial charge in [0.1, 0.15) is 47.6 Å². The van der Waals surface area contributed by atoms with Crippen molar-refractivity contribution in [2.75, 3.05) is 37.0 Å². The van der Waals surface area contributed by atoms with Crippen molar-refractivity contribution in [3.8, 4) is 60.1 Å². The van der Waals surface area contributed by atoms with Crippen LogP contribution in [0.15, 0.2) is 59.7 Å². The fourth-order valence-corrected chi connectivity index (χ4v) is 3.16. The Bertz CT molecular complexity index is 1480. The van der Waals surface area contributed by atoms with Gasteiger partial charge < -0.3 is 9.80 Å². The van der Waals surface area contributed by atoms with E-state index in [1.807, 2.05) is 36.0 Å². The molecule has 0 aliphatic carbocycles. The normalized spacial score (nSPS) is 8.42. The summed E-state index contributed by atoms with van der Waals surface area (Å²) in [6.07, 6.45) is 0. The van der Waals surface area contributed by atoms with Gasteiger partial charge >= 0.3 is 0 Å². The van der Waals surface area contributed by atoms with Crippen LogP contribution in [-0.4, -0.2) is 27.2 Å². The minimum atomic E-state index is -0.226. The molecule has 0 aliphatic rings. The van der Waals surface area contributed by atoms with E-state index in [9.17, 15) is 10.5 Å². The summed E-state index contributed by atoms with van der Waals surface area (Å²) in [5.41, 5.74) is 2.30. The monoisotopic (exact) mass is 490 g/mol. The highest BCUT2D eigenvalue weighted by atomic mass is 15.1. The minimum Gasteiger partial charge on any atom is -0.363 e. The maximum absolute atomic E-state index is 9.27. The number of rotatable bonds is 6. The summed E-state index contributed by atoms with van der Waals surface area (Å²) in [7, 11) is 3.71. The third-order valence-electron chi connectivity index (χ3n) is 5.24. The molecule has 0 N–H and O–H groups in total. The second-order valence-electron chi connectivity index (χ2n) is 7.58. The van der Waals surface area contributed by atoms with Crippen molar-refractivity contribution in [1.82, 2.24) is 0 Å². The maximum atomic E-state index is 9.27. The van der Waals surface area contributed by atoms with Crippen molar-refractivity contribution in [2.24, 2.45) is 0 Å². The quantitative estimate of drug-likeness (QED) is 0.437. The highest BCUT2D eigenvalue weighted by Crippen LogP contribution is 2.22. The first kappa shape index (κ1) is 27.8. The molecule has 0 aromatic heterocycles. The Balaban J connectivity index is 1.99. The average molecular weight is 491 g/mol. The first-order valence-electron chi connectivity index (χ1n) is 10.9. The summed E-state index contributed by atoms with van der Waals surface area (Å²) in [6.45, 7) is 0.825. The van der Waals surface area contributed by atoms with E-state index < -0.39 is 0 Å². The van der Waals surface area contributed by atoms with Crippen LogP contribution in [0.4, 0.5) is 11.4 Å². The molecule has 2 aromatic rings. The Labute approximate surface area is 222 Å². The number of hydrogen-bond donors (Lipinski definition) is 0. The summed E-state index contributed by atoms with van der Waals surface area (Å²) in [5, 5.41) is 54.5. The van der Waals surface area contributed by atoms with Crippen molar-refractivity contribution in [3.63, 3.8) is 0 Å². The van der Waals surface area contributed by atoms with E-state index in [0.29, 0.717) is 24.2 Å². The highest BCUT2D eigenvalue weighted by molar-refractivity contribution is 5.85. The summed E-state index contributed by atoms with van der Waals surface area (Å²) in [5.74, 6) is 11.6. The molecule has 0 bridgehead atoms. The Morgan fingerprint density at radius 3 is 1.11 bits per heavy atom. The van der Waals surface area contributed by atoms with Crippen LogP contribution in [-0.2, 0) is 0 Å². The van der Waals surface area contributed by atoms with Gasteiger partial charge in [0.05, 0.1) is 24.2 Å². The maximum Gasteiger partial charge on any atom is 0.148 e. The zero-order valence-corrected chi connectivity index (χ0v) is 20.6. The Hall–Kier alpha value is -6.42. The molecule has 0 aliphatic heterocycles. The number of nitriles is 6. The van der Waals surface area contributed by atoms with Gasteiger partial charge in [-0.3, -0.25) is 0 Å². The van der Waals surface area contributed by atoms with Gasteiger partial charge in [-0.05, 0) is 47.2 Å². The van der Waals surface area contributed by atoms with Crippen molar-refractivity contribution in [3.05, 3.63) is 70.8 Å². The second-order valence-corrected chi connectivity index (χ2v) is 7.58. The third-order valence-corrected chi connectivity index (χ3v) is 5.24. The molecular weight excluding hydrogens is 472 g/mol. The van der Waals surface area contributed by atoms with Gasteiger partial charge in [0, 0.05) is 25.5 Å². The molecule has 0 atom stereocenters. The van der Waals surface area contributed by atoms with E-state index in [0.717, 1.165) is 11.4 Å². The summed E-state index contributed by atoms with van der Waals surface area (Å²) < 4.78 is 0. The van der Waals surface area contributed by atoms with Gasteiger partial charge in [0.2, 0.25) is 0 Å². The Kier molecular flexibility index (Phi) is 10.3. The van der Waals surface area contributed by atoms with Gasteiger partial charge in [-0.2, -0.15) is 31.6 Å². The lowest BCUT2D eigenvalue weighted by Crippen LogP contribution is -2.17. The van der Waals surface area contributed by atoms with Crippen LogP contribution in [0.3, 0.4) is 0 Å². The van der Waals surface area contributed by atoms with Crippen LogP contribution < -0.4 is 9.80 Å². The summed E-state index contributed by atoms with van der Waals surface area (Å²) >= 11 is 0. The predicted octanol–water partition coefficient (Wildman–Crippen LogP) is 3.91. The molecular formula is C30H18N8. The van der Waals surface area contributed by atoms with Crippen LogP contribution in [0.5, 0.6) is 0 Å². The Morgan fingerprint density at radius 1 is 0.526 bits per heavy atom. The van der Waals surface area contributed by atoms with E-state index in [2.05, 4.69) is 23.7 Å². The lowest BCUT2D eigenvalue weighted by atomic mass is 10.0. The molecule has 0 spiro atoms. The van der Waals surface area contributed by atoms with E-state index in [1.165, 1.54) is 0 Å². The lowest BCUT2D eigenvalue weighted by molar-refractivity contribution is 1.05. The molecule has 2 aromatic carbocycles. The fraction of sp³-hybridized carbons (Fsp3) is 0.133. The van der Waals surface area contributed by atoms with Gasteiger partial charge in [0.15, 0.2) is 0 Å². The molecule has 8 nitrogen and oxygen atoms in total. The van der Waals surface area contributed by atoms with E-state index >= 15 is 0 Å². The molecule has 0 saturated carbocycles. The molecule has 0 unspecified atom stereocenters. The predicted molar refractivity (Wildman–Crippen MR) is 142 cm³/mol. The number of nitrogens with zero attached hydrogens (tertiary/aromatic N) is 8. The number of benzene rings is 2. The van der Waals surface area contributed by atoms with E-state index in [1.54, 1.807) is 72.8 Å². The van der Waals surface area contributed by atoms with Gasteiger partial charge in [-0.25, -0.2) is 0 Å². The first-order chi connectivity index (χ1) is 18.4. The number of allylic oxidation sites excluding steroid dienone is 4. The second kappa shape index (κ2) is 14.1. The molecule has 8 heteroatoms. The molecule has 0 amide bonds.